The Kier molecular flexibility index (Phi) is 45.6. The first-order chi connectivity index (χ1) is 19.3. The Morgan fingerprint density at radius 3 is 1.14 bits per heavy atom. The summed E-state index contributed by atoms with van der Waals surface area (Å²) in [5.41, 5.74) is 1.21. The van der Waals surface area contributed by atoms with Crippen molar-refractivity contribution in [3.05, 3.63) is 119 Å². The van der Waals surface area contributed by atoms with E-state index in [0.29, 0.717) is 13.1 Å². The number of carbonyl (C=O) groups excluding carboxylic acids is 4. The molecule has 18 nitrogen and oxygen atoms in total. The quantitative estimate of drug-likeness (QED) is 0.140. The molecule has 49 heavy (non-hydrogen) atoms. The summed E-state index contributed by atoms with van der Waals surface area (Å²) < 4.78 is 0. The Hall–Kier alpha value is -4.14. The third-order valence-electron chi connectivity index (χ3n) is 4.73. The number of halogens is 2. The van der Waals surface area contributed by atoms with Gasteiger partial charge < -0.3 is 87.7 Å². The molecule has 0 aliphatic rings. The van der Waals surface area contributed by atoms with E-state index < -0.39 is 23.8 Å². The molecule has 4 aromatic rings. The number of aliphatic hydroxyl groups excluding tert-OH is 1. The number of amides is 2. The molecule has 0 aliphatic carbocycles. The Labute approximate surface area is 313 Å². The fraction of sp³-hybridized carbons (Fsp3) is 0.111. The average molecular weight is 833 g/mol. The molecule has 280 valence electrons. The van der Waals surface area contributed by atoms with Crippen molar-refractivity contribution >= 4 is 23.8 Å². The van der Waals surface area contributed by atoms with Crippen LogP contribution >= 0.6 is 0 Å². The number of nitrogens with one attached hydrogen (secondary N) is 2. The molecule has 0 saturated heterocycles. The van der Waals surface area contributed by atoms with Crippen LogP contribution in [0.3, 0.4) is 0 Å². The van der Waals surface area contributed by atoms with Gasteiger partial charge in [0.05, 0.1) is 23.3 Å². The molecular weight excluding hydrogens is 798 g/mol. The van der Waals surface area contributed by atoms with Crippen molar-refractivity contribution in [3.63, 3.8) is 0 Å². The van der Waals surface area contributed by atoms with Gasteiger partial charge in [0.1, 0.15) is 11.4 Å². The molecule has 0 saturated carbocycles. The number of carboxylic acid groups (broad SMARTS) is 2. The van der Waals surface area contributed by atoms with Crippen molar-refractivity contribution < 1.29 is 121 Å². The molecule has 2 amide bonds. The number of carboxylic acids is 2. The number of pyridine rings is 4. The van der Waals surface area contributed by atoms with Crippen LogP contribution in [-0.4, -0.2) is 83.3 Å². The van der Waals surface area contributed by atoms with E-state index in [4.69, 9.17) is 5.11 Å². The van der Waals surface area contributed by atoms with Gasteiger partial charge in [0, 0.05) is 45.0 Å². The number of rotatable bonds is 8. The van der Waals surface area contributed by atoms with Gasteiger partial charge >= 0.3 is 34.1 Å². The monoisotopic (exact) mass is 830 g/mol. The van der Waals surface area contributed by atoms with E-state index in [1.165, 1.54) is 36.4 Å². The summed E-state index contributed by atoms with van der Waals surface area (Å²) in [7, 11) is 1.00. The van der Waals surface area contributed by atoms with E-state index in [1.807, 2.05) is 12.1 Å². The van der Waals surface area contributed by atoms with Crippen LogP contribution in [0.25, 0.3) is 0 Å². The molecule has 0 fully saturated rings. The second kappa shape index (κ2) is 35.2. The van der Waals surface area contributed by atoms with Crippen molar-refractivity contribution in [1.29, 1.82) is 0 Å². The van der Waals surface area contributed by atoms with Crippen molar-refractivity contribution in [2.75, 3.05) is 7.11 Å². The topological polar surface area (TPSA) is 368 Å². The summed E-state index contributed by atoms with van der Waals surface area (Å²) in [6.45, 7) is 0.591. The molecule has 0 aromatic carbocycles. The zero-order chi connectivity index (χ0) is 29.3. The van der Waals surface area contributed by atoms with Crippen molar-refractivity contribution in [2.24, 2.45) is 0 Å². The summed E-state index contributed by atoms with van der Waals surface area (Å²) in [5, 5.41) is 33.5. The first kappa shape index (κ1) is 63.5. The van der Waals surface area contributed by atoms with Crippen LogP contribution < -0.4 is 45.7 Å². The van der Waals surface area contributed by atoms with E-state index in [2.05, 4.69) is 30.6 Å². The Bertz CT molecular complexity index is 1350. The summed E-state index contributed by atoms with van der Waals surface area (Å²) in [6, 6.07) is 15.5. The van der Waals surface area contributed by atoms with Gasteiger partial charge in [-0.2, -0.15) is 0 Å². The fourth-order valence-corrected chi connectivity index (χ4v) is 2.90. The third kappa shape index (κ3) is 23.0. The van der Waals surface area contributed by atoms with Crippen molar-refractivity contribution in [2.45, 2.75) is 13.1 Å². The maximum Gasteiger partial charge on any atom is 2.00 e. The molecule has 4 aromatic heterocycles. The summed E-state index contributed by atoms with van der Waals surface area (Å²) >= 11 is 0. The Morgan fingerprint density at radius 1 is 0.571 bits per heavy atom. The van der Waals surface area contributed by atoms with Crippen molar-refractivity contribution in [3.8, 4) is 0 Å². The number of hydrogen-bond acceptors (Lipinski definition) is 11. The first-order valence-corrected chi connectivity index (χ1v) is 11.5. The van der Waals surface area contributed by atoms with E-state index in [1.54, 1.807) is 36.9 Å². The van der Waals surface area contributed by atoms with Gasteiger partial charge in [-0.15, -0.1) is 0 Å². The zero-order valence-electron chi connectivity index (χ0n) is 25.0. The standard InChI is InChI=1S/2C13H11N3O3.CH4O.2ClH.2Cu.5H2O/c2*17-12(15-8-9-3-2-6-14-7-9)10-4-1-5-11(16-10)13(18)19;1-2;;;;;;;;;/h2*1-7H,8H2,(H,15,17)(H,18,19);2H,1H3;2*1H;;;5*1H2/q;;;;;2*+2;;;;;/p-4. The van der Waals surface area contributed by atoms with E-state index in [9.17, 15) is 29.4 Å². The Morgan fingerprint density at radius 2 is 0.878 bits per heavy atom. The van der Waals surface area contributed by atoms with Crippen molar-refractivity contribution in [1.82, 2.24) is 30.6 Å². The predicted octanol–water partition coefficient (Wildman–Crippen LogP) is -11.0. The molecular formula is C27H34Cl2Cu2N6O12. The van der Waals surface area contributed by atoms with Gasteiger partial charge in [0.2, 0.25) is 0 Å². The smallest absolute Gasteiger partial charge is 1.00 e. The van der Waals surface area contributed by atoms with Crippen LogP contribution in [0.4, 0.5) is 0 Å². The second-order valence-corrected chi connectivity index (χ2v) is 7.48. The van der Waals surface area contributed by atoms with Crippen LogP contribution in [0.1, 0.15) is 53.1 Å². The minimum absolute atomic E-state index is 0. The van der Waals surface area contributed by atoms with Crippen LogP contribution in [0.2, 0.25) is 0 Å². The van der Waals surface area contributed by atoms with Crippen LogP contribution in [-0.2, 0) is 47.2 Å². The number of carbonyl (C=O) groups is 4. The second-order valence-electron chi connectivity index (χ2n) is 7.48. The van der Waals surface area contributed by atoms with E-state index in [0.717, 1.165) is 18.2 Å². The molecule has 22 heteroatoms. The molecule has 2 radical (unpaired) electrons. The van der Waals surface area contributed by atoms with Gasteiger partial charge in [-0.1, -0.05) is 24.3 Å². The summed E-state index contributed by atoms with van der Waals surface area (Å²) in [5.74, 6) is -3.73. The molecule has 4 rings (SSSR count). The number of nitrogens with zero attached hydrogens (tertiary/aromatic N) is 4. The van der Waals surface area contributed by atoms with Gasteiger partial charge in [0.25, 0.3) is 11.8 Å². The third-order valence-corrected chi connectivity index (χ3v) is 4.73. The van der Waals surface area contributed by atoms with Crippen LogP contribution in [0, 0.1) is 0 Å². The maximum absolute atomic E-state index is 11.8. The number of aliphatic hydroxyl groups is 1. The van der Waals surface area contributed by atoms with Gasteiger partial charge in [-0.05, 0) is 47.5 Å². The molecule has 0 unspecified atom stereocenters. The summed E-state index contributed by atoms with van der Waals surface area (Å²) in [4.78, 5) is 60.1. The molecule has 0 atom stereocenters. The molecule has 13 N–H and O–H groups in total. The molecule has 0 aliphatic heterocycles. The minimum Gasteiger partial charge on any atom is -1.00 e. The van der Waals surface area contributed by atoms with E-state index in [-0.39, 0.29) is 109 Å². The normalized spacial score (nSPS) is 7.80. The fourth-order valence-electron chi connectivity index (χ4n) is 2.90. The SMILES string of the molecule is CO.O.O.O.O.O.O=C([O-])c1cccc(C(=O)NCc2cccnc2)n1.O=C([O-])c1cccc(C(=O)NCc2cccnc2)n1.[Cl-].[Cl-].[Cu+2].[Cu+2]. The maximum atomic E-state index is 11.8. The average Bonchev–Trinajstić information content (AvgIpc) is 3.01. The molecule has 0 bridgehead atoms. The predicted molar refractivity (Wildman–Crippen MR) is 154 cm³/mol. The molecule has 4 heterocycles. The largest absolute Gasteiger partial charge is 2.00 e. The minimum atomic E-state index is -1.41. The van der Waals surface area contributed by atoms with Crippen LogP contribution in [0.5, 0.6) is 0 Å². The number of aromatic carboxylic acids is 2. The van der Waals surface area contributed by atoms with Gasteiger partial charge in [-0.3, -0.25) is 19.6 Å². The van der Waals surface area contributed by atoms with Crippen LogP contribution in [0.15, 0.2) is 85.5 Å². The van der Waals surface area contributed by atoms with E-state index >= 15 is 0 Å². The Balaban J connectivity index is -0.0000000926. The molecule has 0 spiro atoms. The number of aromatic nitrogens is 4. The van der Waals surface area contributed by atoms with Gasteiger partial charge in [-0.25, -0.2) is 9.97 Å². The number of hydrogen-bond donors (Lipinski definition) is 3. The summed E-state index contributed by atoms with van der Waals surface area (Å²) in [6.07, 6.45) is 6.53. The zero-order valence-corrected chi connectivity index (χ0v) is 28.4. The van der Waals surface area contributed by atoms with Gasteiger partial charge in [0.15, 0.2) is 0 Å². The first-order valence-electron chi connectivity index (χ1n) is 11.5.